The van der Waals surface area contributed by atoms with Crippen LogP contribution in [0, 0.1) is 5.92 Å². The lowest BCUT2D eigenvalue weighted by Crippen LogP contribution is -2.59. The second kappa shape index (κ2) is 13.2. The van der Waals surface area contributed by atoms with E-state index in [2.05, 4.69) is 20.9 Å². The van der Waals surface area contributed by atoms with E-state index in [-0.39, 0.29) is 6.42 Å². The summed E-state index contributed by atoms with van der Waals surface area (Å²) < 4.78 is 0. The van der Waals surface area contributed by atoms with Gasteiger partial charge in [0.2, 0.25) is 29.5 Å². The predicted molar refractivity (Wildman–Crippen MR) is 136 cm³/mol. The smallest absolute Gasteiger partial charge is 0.326 e. The molecule has 4 unspecified atom stereocenters. The first-order valence-corrected chi connectivity index (χ1v) is 11.8. The number of rotatable bonds is 14. The molecule has 1 aromatic carbocycles. The van der Waals surface area contributed by atoms with Crippen LogP contribution in [0.25, 0.3) is 10.9 Å². The van der Waals surface area contributed by atoms with Crippen molar-refractivity contribution in [3.63, 3.8) is 0 Å². The van der Waals surface area contributed by atoms with Crippen LogP contribution in [0.15, 0.2) is 30.5 Å². The summed E-state index contributed by atoms with van der Waals surface area (Å²) in [5.74, 6) is -6.14. The van der Waals surface area contributed by atoms with Gasteiger partial charge in [0.25, 0.3) is 0 Å². The number of amides is 5. The largest absolute Gasteiger partial charge is 0.480 e. The van der Waals surface area contributed by atoms with Gasteiger partial charge in [0.15, 0.2) is 0 Å². The van der Waals surface area contributed by atoms with Gasteiger partial charge >= 0.3 is 5.97 Å². The molecule has 4 atom stereocenters. The number of hydrogen-bond donors (Lipinski definition) is 8. The van der Waals surface area contributed by atoms with Crippen molar-refractivity contribution in [2.45, 2.75) is 57.3 Å². The molecule has 0 saturated heterocycles. The van der Waals surface area contributed by atoms with Gasteiger partial charge in [0, 0.05) is 23.5 Å². The van der Waals surface area contributed by atoms with E-state index < -0.39 is 78.4 Å². The minimum atomic E-state index is -1.59. The zero-order chi connectivity index (χ0) is 28.6. The lowest BCUT2D eigenvalue weighted by atomic mass is 10.00. The van der Waals surface area contributed by atoms with Crippen LogP contribution < -0.4 is 33.2 Å². The Kier molecular flexibility index (Phi) is 10.3. The second-order valence-corrected chi connectivity index (χ2v) is 9.20. The summed E-state index contributed by atoms with van der Waals surface area (Å²) in [6.45, 7) is 3.23. The molecule has 0 aliphatic rings. The summed E-state index contributed by atoms with van der Waals surface area (Å²) in [5, 5.41) is 17.4. The Hall–Kier alpha value is -4.46. The molecule has 0 bridgehead atoms. The van der Waals surface area contributed by atoms with E-state index in [1.165, 1.54) is 0 Å². The minimum absolute atomic E-state index is 0.00324. The molecule has 0 aliphatic heterocycles. The third-order valence-corrected chi connectivity index (χ3v) is 5.76. The fourth-order valence-electron chi connectivity index (χ4n) is 3.77. The molecule has 1 aromatic heterocycles. The highest BCUT2D eigenvalue weighted by Gasteiger charge is 2.33. The average molecular weight is 532 g/mol. The zero-order valence-corrected chi connectivity index (χ0v) is 21.0. The van der Waals surface area contributed by atoms with Crippen LogP contribution >= 0.6 is 0 Å². The first-order chi connectivity index (χ1) is 17.8. The quantitative estimate of drug-likeness (QED) is 0.135. The Morgan fingerprint density at radius 1 is 0.868 bits per heavy atom. The number of benzene rings is 1. The Bertz CT molecular complexity index is 1210. The van der Waals surface area contributed by atoms with E-state index in [0.717, 1.165) is 10.9 Å². The molecule has 1 heterocycles. The third kappa shape index (κ3) is 8.30. The number of carbonyl (C=O) groups is 6. The molecular weight excluding hydrogens is 498 g/mol. The lowest BCUT2D eigenvalue weighted by molar-refractivity contribution is -0.144. The van der Waals surface area contributed by atoms with Crippen molar-refractivity contribution in [2.75, 3.05) is 0 Å². The van der Waals surface area contributed by atoms with Crippen LogP contribution in [0.5, 0.6) is 0 Å². The molecule has 2 aromatic rings. The molecule has 0 spiro atoms. The van der Waals surface area contributed by atoms with E-state index in [9.17, 15) is 33.9 Å². The highest BCUT2D eigenvalue weighted by molar-refractivity contribution is 5.96. The summed E-state index contributed by atoms with van der Waals surface area (Å²) in [4.78, 5) is 75.8. The third-order valence-electron chi connectivity index (χ3n) is 5.76. The first kappa shape index (κ1) is 29.8. The Morgan fingerprint density at radius 3 is 2.05 bits per heavy atom. The summed E-state index contributed by atoms with van der Waals surface area (Å²) >= 11 is 0. The fourth-order valence-corrected chi connectivity index (χ4v) is 3.77. The van der Waals surface area contributed by atoms with Gasteiger partial charge in [-0.2, -0.15) is 0 Å². The SMILES string of the molecule is CC(C)C(NC(=O)C(Cc1c[nH]c2ccccc12)NC(=O)C(N)CC(N)=O)C(=O)NC(CC(N)=O)C(=O)O. The van der Waals surface area contributed by atoms with Crippen molar-refractivity contribution in [2.24, 2.45) is 23.1 Å². The molecule has 14 nitrogen and oxygen atoms in total. The van der Waals surface area contributed by atoms with Crippen LogP contribution in [-0.4, -0.2) is 69.8 Å². The van der Waals surface area contributed by atoms with Gasteiger partial charge in [0.1, 0.15) is 18.1 Å². The van der Waals surface area contributed by atoms with E-state index in [1.807, 2.05) is 18.2 Å². The molecule has 0 radical (unpaired) electrons. The standard InChI is InChI=1S/C24H33N7O7/c1-11(2)20(23(36)30-17(24(37)38)9-19(27)33)31-22(35)16(29-21(34)14(25)8-18(26)32)7-12-10-28-15-6-4-3-5-13(12)15/h3-6,10-11,14,16-17,20,28H,7-9,25H2,1-2H3,(H2,26,32)(H2,27,33)(H,29,34)(H,30,36)(H,31,35)(H,37,38). The molecular formula is C24H33N7O7. The fraction of sp³-hybridized carbons (Fsp3) is 0.417. The maximum absolute atomic E-state index is 13.4. The van der Waals surface area contributed by atoms with Gasteiger partial charge in [-0.25, -0.2) is 4.79 Å². The predicted octanol–water partition coefficient (Wildman–Crippen LogP) is -2.02. The second-order valence-electron chi connectivity index (χ2n) is 9.20. The number of nitrogens with two attached hydrogens (primary N) is 3. The van der Waals surface area contributed by atoms with E-state index in [0.29, 0.717) is 5.56 Å². The maximum Gasteiger partial charge on any atom is 0.326 e. The molecule has 2 rings (SSSR count). The molecule has 206 valence electrons. The van der Waals surface area contributed by atoms with Crippen LogP contribution in [0.4, 0.5) is 0 Å². The summed E-state index contributed by atoms with van der Waals surface area (Å²) in [5.41, 5.74) is 17.4. The Morgan fingerprint density at radius 2 is 1.47 bits per heavy atom. The Balaban J connectivity index is 2.29. The van der Waals surface area contributed by atoms with Crippen LogP contribution in [0.2, 0.25) is 0 Å². The maximum atomic E-state index is 13.4. The number of carboxylic acids is 1. The number of para-hydroxylation sites is 1. The first-order valence-electron chi connectivity index (χ1n) is 11.8. The van der Waals surface area contributed by atoms with Crippen molar-refractivity contribution in [3.05, 3.63) is 36.0 Å². The van der Waals surface area contributed by atoms with Crippen molar-refractivity contribution in [1.82, 2.24) is 20.9 Å². The van der Waals surface area contributed by atoms with Gasteiger partial charge in [0.05, 0.1) is 18.9 Å². The number of H-pyrrole nitrogens is 1. The number of aliphatic carboxylic acids is 1. The van der Waals surface area contributed by atoms with Gasteiger partial charge in [-0.05, 0) is 17.5 Å². The highest BCUT2D eigenvalue weighted by Crippen LogP contribution is 2.19. The van der Waals surface area contributed by atoms with Gasteiger partial charge in [-0.1, -0.05) is 32.0 Å². The molecule has 5 amide bonds. The van der Waals surface area contributed by atoms with Crippen molar-refractivity contribution >= 4 is 46.4 Å². The molecule has 0 fully saturated rings. The van der Waals surface area contributed by atoms with E-state index >= 15 is 0 Å². The number of nitrogens with one attached hydrogen (secondary N) is 4. The minimum Gasteiger partial charge on any atom is -0.480 e. The lowest BCUT2D eigenvalue weighted by Gasteiger charge is -2.27. The molecule has 11 N–H and O–H groups in total. The summed E-state index contributed by atoms with van der Waals surface area (Å²) in [6.07, 6.45) is 0.586. The molecule has 0 saturated carbocycles. The number of fused-ring (bicyclic) bond motifs is 1. The number of primary amides is 2. The monoisotopic (exact) mass is 531 g/mol. The number of carboxylic acid groups (broad SMARTS) is 1. The van der Waals surface area contributed by atoms with Crippen LogP contribution in [0.1, 0.15) is 32.3 Å². The average Bonchev–Trinajstić information content (AvgIpc) is 3.23. The number of aromatic nitrogens is 1. The van der Waals surface area contributed by atoms with Gasteiger partial charge in [-0.3, -0.25) is 24.0 Å². The Labute approximate surface area is 218 Å². The van der Waals surface area contributed by atoms with Crippen LogP contribution in [0.3, 0.4) is 0 Å². The number of carbonyl (C=O) groups excluding carboxylic acids is 5. The summed E-state index contributed by atoms with van der Waals surface area (Å²) in [7, 11) is 0. The normalized spacial score (nSPS) is 14.2. The van der Waals surface area contributed by atoms with E-state index in [1.54, 1.807) is 26.1 Å². The van der Waals surface area contributed by atoms with Crippen molar-refractivity contribution < 1.29 is 33.9 Å². The molecule has 38 heavy (non-hydrogen) atoms. The molecule has 14 heteroatoms. The van der Waals surface area contributed by atoms with Crippen LogP contribution in [-0.2, 0) is 35.2 Å². The van der Waals surface area contributed by atoms with Crippen molar-refractivity contribution in [3.8, 4) is 0 Å². The number of hydrogen-bond acceptors (Lipinski definition) is 7. The topological polar surface area (TPSA) is 253 Å². The van der Waals surface area contributed by atoms with Crippen molar-refractivity contribution in [1.29, 1.82) is 0 Å². The summed E-state index contributed by atoms with van der Waals surface area (Å²) in [6, 6.07) is 1.94. The molecule has 0 aliphatic carbocycles. The van der Waals surface area contributed by atoms with Gasteiger partial charge in [-0.15, -0.1) is 0 Å². The van der Waals surface area contributed by atoms with Gasteiger partial charge < -0.3 is 43.2 Å². The van der Waals surface area contributed by atoms with E-state index in [4.69, 9.17) is 17.2 Å². The zero-order valence-electron chi connectivity index (χ0n) is 21.0. The highest BCUT2D eigenvalue weighted by atomic mass is 16.4. The number of aromatic amines is 1.